The van der Waals surface area contributed by atoms with Gasteiger partial charge in [-0.25, -0.2) is 0 Å². The van der Waals surface area contributed by atoms with Crippen LogP contribution in [0.2, 0.25) is 0 Å². The third kappa shape index (κ3) is 16.4. The predicted octanol–water partition coefficient (Wildman–Crippen LogP) is 8.68. The van der Waals surface area contributed by atoms with Crippen molar-refractivity contribution in [2.45, 2.75) is 136 Å². The molecule has 0 rings (SSSR count). The number of hydrogen-bond acceptors (Lipinski definition) is 0. The topological polar surface area (TPSA) is 0 Å². The second-order valence-corrected chi connectivity index (χ2v) is 7.47. The summed E-state index contributed by atoms with van der Waals surface area (Å²) in [6.45, 7) is 6.95. The fraction of sp³-hybridized carbons (Fsp3) is 1.00. The second-order valence-electron chi connectivity index (χ2n) is 7.47. The summed E-state index contributed by atoms with van der Waals surface area (Å²) in [7, 11) is 0. The van der Waals surface area contributed by atoms with Gasteiger partial charge in [-0.1, -0.05) is 136 Å². The van der Waals surface area contributed by atoms with Gasteiger partial charge in [0.15, 0.2) is 0 Å². The van der Waals surface area contributed by atoms with Crippen LogP contribution in [0.25, 0.3) is 0 Å². The van der Waals surface area contributed by atoms with E-state index >= 15 is 0 Å². The Morgan fingerprint density at radius 2 is 0.636 bits per heavy atom. The molecule has 0 aromatic carbocycles. The highest BCUT2D eigenvalue weighted by molar-refractivity contribution is 4.61. The summed E-state index contributed by atoms with van der Waals surface area (Å²) in [4.78, 5) is 0. The average molecular weight is 311 g/mol. The van der Waals surface area contributed by atoms with E-state index in [1.54, 1.807) is 0 Å². The lowest BCUT2D eigenvalue weighted by molar-refractivity contribution is 0.368. The zero-order valence-electron chi connectivity index (χ0n) is 16.3. The number of hydrogen-bond donors (Lipinski definition) is 0. The van der Waals surface area contributed by atoms with Crippen molar-refractivity contribution in [1.82, 2.24) is 0 Å². The Kier molecular flexibility index (Phi) is 19.0. The van der Waals surface area contributed by atoms with Crippen molar-refractivity contribution in [2.75, 3.05) is 0 Å². The van der Waals surface area contributed by atoms with E-state index in [1.807, 2.05) is 0 Å². The van der Waals surface area contributed by atoms with Crippen molar-refractivity contribution >= 4 is 0 Å². The zero-order valence-corrected chi connectivity index (χ0v) is 16.3. The fourth-order valence-corrected chi connectivity index (χ4v) is 3.54. The normalized spacial score (nSPS) is 12.7. The van der Waals surface area contributed by atoms with Gasteiger partial charge in [-0.05, 0) is 5.92 Å². The molecule has 0 aromatic heterocycles. The summed E-state index contributed by atoms with van der Waals surface area (Å²) in [6, 6.07) is 0. The van der Waals surface area contributed by atoms with Crippen molar-refractivity contribution < 1.29 is 0 Å². The monoisotopic (exact) mass is 310 g/mol. The van der Waals surface area contributed by atoms with Crippen LogP contribution in [0.15, 0.2) is 0 Å². The molecule has 0 aromatic rings. The van der Waals surface area contributed by atoms with E-state index in [0.29, 0.717) is 0 Å². The molecule has 0 spiro atoms. The van der Waals surface area contributed by atoms with Crippen molar-refractivity contribution in [3.8, 4) is 0 Å². The lowest BCUT2D eigenvalue weighted by atomic mass is 9.89. The molecule has 1 unspecified atom stereocenters. The van der Waals surface area contributed by atoms with E-state index in [0.717, 1.165) is 5.92 Å². The van der Waals surface area contributed by atoms with Gasteiger partial charge in [0.1, 0.15) is 0 Å². The van der Waals surface area contributed by atoms with E-state index in [9.17, 15) is 0 Å². The molecule has 0 N–H and O–H groups in total. The van der Waals surface area contributed by atoms with Gasteiger partial charge in [0, 0.05) is 0 Å². The van der Waals surface area contributed by atoms with Gasteiger partial charge in [-0.3, -0.25) is 0 Å². The Labute approximate surface area is 142 Å². The van der Waals surface area contributed by atoms with E-state index in [-0.39, 0.29) is 0 Å². The maximum absolute atomic E-state index is 2.33. The van der Waals surface area contributed by atoms with E-state index < -0.39 is 0 Å². The lowest BCUT2D eigenvalue weighted by Gasteiger charge is -2.17. The minimum absolute atomic E-state index is 1.05. The van der Waals surface area contributed by atoms with Gasteiger partial charge in [-0.15, -0.1) is 0 Å². The van der Waals surface area contributed by atoms with Crippen LogP contribution < -0.4 is 0 Å². The van der Waals surface area contributed by atoms with Gasteiger partial charge in [0.25, 0.3) is 0 Å². The highest BCUT2D eigenvalue weighted by Gasteiger charge is 2.08. The van der Waals surface area contributed by atoms with Crippen LogP contribution in [-0.2, 0) is 0 Å². The first-order valence-electron chi connectivity index (χ1n) is 10.8. The average Bonchev–Trinajstić information content (AvgIpc) is 2.53. The molecule has 0 aliphatic carbocycles. The summed E-state index contributed by atoms with van der Waals surface area (Å²) in [6.07, 6.45) is 26.3. The third-order valence-corrected chi connectivity index (χ3v) is 5.15. The molecule has 22 heavy (non-hydrogen) atoms. The summed E-state index contributed by atoms with van der Waals surface area (Å²) < 4.78 is 0. The van der Waals surface area contributed by atoms with Gasteiger partial charge in [0.2, 0.25) is 0 Å². The molecule has 1 atom stereocenters. The van der Waals surface area contributed by atoms with Crippen molar-refractivity contribution in [2.24, 2.45) is 5.92 Å². The molecule has 0 heteroatoms. The van der Waals surface area contributed by atoms with Crippen LogP contribution in [-0.4, -0.2) is 0 Å². The van der Waals surface area contributed by atoms with Crippen molar-refractivity contribution in [3.63, 3.8) is 0 Å². The molecule has 0 saturated carbocycles. The SMILES string of the molecule is CCCCCCCCCC(CCCCC)CCCCCCC. The second kappa shape index (κ2) is 19.0. The summed E-state index contributed by atoms with van der Waals surface area (Å²) in [5.74, 6) is 1.05. The largest absolute Gasteiger partial charge is 0.0654 e. The minimum Gasteiger partial charge on any atom is -0.0654 e. The predicted molar refractivity (Wildman–Crippen MR) is 104 cm³/mol. The molecule has 0 saturated heterocycles. The Balaban J connectivity index is 3.63. The third-order valence-electron chi connectivity index (χ3n) is 5.15. The van der Waals surface area contributed by atoms with E-state index in [1.165, 1.54) is 116 Å². The highest BCUT2D eigenvalue weighted by Crippen LogP contribution is 2.24. The molecule has 0 amide bonds. The van der Waals surface area contributed by atoms with Crippen LogP contribution in [0.5, 0.6) is 0 Å². The summed E-state index contributed by atoms with van der Waals surface area (Å²) >= 11 is 0. The smallest absolute Gasteiger partial charge is 0.0414 e. The summed E-state index contributed by atoms with van der Waals surface area (Å²) in [5, 5.41) is 0. The summed E-state index contributed by atoms with van der Waals surface area (Å²) in [5.41, 5.74) is 0. The van der Waals surface area contributed by atoms with Crippen LogP contribution in [0.4, 0.5) is 0 Å². The van der Waals surface area contributed by atoms with Gasteiger partial charge < -0.3 is 0 Å². The molecule has 0 bridgehead atoms. The lowest BCUT2D eigenvalue weighted by Crippen LogP contribution is -2.01. The Morgan fingerprint density at radius 3 is 1.05 bits per heavy atom. The van der Waals surface area contributed by atoms with E-state index in [4.69, 9.17) is 0 Å². The van der Waals surface area contributed by atoms with Gasteiger partial charge in [-0.2, -0.15) is 0 Å². The van der Waals surface area contributed by atoms with Crippen molar-refractivity contribution in [3.05, 3.63) is 0 Å². The first-order chi connectivity index (χ1) is 10.8. The minimum atomic E-state index is 1.05. The van der Waals surface area contributed by atoms with Crippen LogP contribution in [0, 0.1) is 5.92 Å². The molecule has 0 fully saturated rings. The maximum Gasteiger partial charge on any atom is -0.0414 e. The maximum atomic E-state index is 2.33. The first kappa shape index (κ1) is 22.0. The molecule has 0 heterocycles. The first-order valence-corrected chi connectivity index (χ1v) is 10.8. The van der Waals surface area contributed by atoms with Crippen LogP contribution >= 0.6 is 0 Å². The highest BCUT2D eigenvalue weighted by atomic mass is 14.1. The quantitative estimate of drug-likeness (QED) is 0.222. The van der Waals surface area contributed by atoms with E-state index in [2.05, 4.69) is 20.8 Å². The number of unbranched alkanes of at least 4 members (excludes halogenated alkanes) is 12. The molecule has 0 radical (unpaired) electrons. The molecular formula is C22H46. The molecule has 0 aliphatic heterocycles. The number of rotatable bonds is 18. The molecule has 0 nitrogen and oxygen atoms in total. The Morgan fingerprint density at radius 1 is 0.364 bits per heavy atom. The zero-order chi connectivity index (χ0) is 16.3. The van der Waals surface area contributed by atoms with Gasteiger partial charge in [0.05, 0.1) is 0 Å². The van der Waals surface area contributed by atoms with Crippen molar-refractivity contribution in [1.29, 1.82) is 0 Å². The Hall–Kier alpha value is 0. The Bertz CT molecular complexity index is 184. The molecule has 0 aliphatic rings. The molecule has 134 valence electrons. The van der Waals surface area contributed by atoms with Crippen LogP contribution in [0.3, 0.4) is 0 Å². The van der Waals surface area contributed by atoms with Crippen LogP contribution in [0.1, 0.15) is 136 Å². The molecular weight excluding hydrogens is 264 g/mol. The van der Waals surface area contributed by atoms with Gasteiger partial charge >= 0.3 is 0 Å². The standard InChI is InChI=1S/C22H46/c1-4-7-10-12-13-15-18-21-22(19-16-9-6-3)20-17-14-11-8-5-2/h22H,4-21H2,1-3H3. The fourth-order valence-electron chi connectivity index (χ4n) is 3.54.